The Kier molecular flexibility index (Phi) is 4.45. The van der Waals surface area contributed by atoms with Gasteiger partial charge in [-0.3, -0.25) is 4.90 Å². The van der Waals surface area contributed by atoms with Crippen LogP contribution in [0.4, 0.5) is 0 Å². The maximum atomic E-state index is 10.5. The average molecular weight is 265 g/mol. The molecule has 1 saturated heterocycles. The van der Waals surface area contributed by atoms with E-state index in [1.807, 2.05) is 19.9 Å². The number of hydrogen-bond acceptors (Lipinski definition) is 4. The molecule has 3 unspecified atom stereocenters. The summed E-state index contributed by atoms with van der Waals surface area (Å²) < 4.78 is 5.52. The highest BCUT2D eigenvalue weighted by molar-refractivity contribution is 5.36. The highest BCUT2D eigenvalue weighted by atomic mass is 16.5. The number of phenols is 1. The van der Waals surface area contributed by atoms with Crippen molar-refractivity contribution in [3.8, 4) is 5.75 Å². The third-order valence-corrected chi connectivity index (χ3v) is 3.87. The highest BCUT2D eigenvalue weighted by Gasteiger charge is 2.27. The van der Waals surface area contributed by atoms with E-state index < -0.39 is 6.10 Å². The Labute approximate surface area is 114 Å². The Balaban J connectivity index is 2.09. The molecule has 0 saturated carbocycles. The van der Waals surface area contributed by atoms with Crippen LogP contribution in [-0.2, 0) is 4.74 Å². The van der Waals surface area contributed by atoms with Gasteiger partial charge in [0.2, 0.25) is 0 Å². The molecule has 1 aromatic carbocycles. The molecule has 1 heterocycles. The molecule has 0 aromatic heterocycles. The van der Waals surface area contributed by atoms with Crippen molar-refractivity contribution in [1.82, 2.24) is 4.90 Å². The van der Waals surface area contributed by atoms with Crippen LogP contribution < -0.4 is 0 Å². The molecule has 0 spiro atoms. The number of rotatable bonds is 3. The van der Waals surface area contributed by atoms with Crippen molar-refractivity contribution in [3.05, 3.63) is 29.3 Å². The normalized spacial score (nSPS) is 24.1. The summed E-state index contributed by atoms with van der Waals surface area (Å²) in [4.78, 5) is 2.25. The predicted molar refractivity (Wildman–Crippen MR) is 74.3 cm³/mol. The van der Waals surface area contributed by atoms with Crippen molar-refractivity contribution in [1.29, 1.82) is 0 Å². The van der Waals surface area contributed by atoms with E-state index in [1.165, 1.54) is 0 Å². The maximum Gasteiger partial charge on any atom is 0.118 e. The first-order valence-electron chi connectivity index (χ1n) is 6.82. The summed E-state index contributed by atoms with van der Waals surface area (Å²) in [5.41, 5.74) is 1.64. The SMILES string of the molecule is Cc1cc(C(O)C(C)N2CCOC(C)C2)ccc1O. The van der Waals surface area contributed by atoms with Gasteiger partial charge in [0.25, 0.3) is 0 Å². The molecule has 1 aliphatic rings. The van der Waals surface area contributed by atoms with Crippen LogP contribution in [-0.4, -0.2) is 47.0 Å². The lowest BCUT2D eigenvalue weighted by molar-refractivity contribution is -0.0541. The topological polar surface area (TPSA) is 52.9 Å². The van der Waals surface area contributed by atoms with E-state index in [2.05, 4.69) is 11.8 Å². The molecule has 106 valence electrons. The van der Waals surface area contributed by atoms with Crippen LogP contribution in [0.1, 0.15) is 31.1 Å². The van der Waals surface area contributed by atoms with Crippen molar-refractivity contribution in [3.63, 3.8) is 0 Å². The van der Waals surface area contributed by atoms with Gasteiger partial charge in [-0.1, -0.05) is 6.07 Å². The van der Waals surface area contributed by atoms with Gasteiger partial charge in [0.05, 0.1) is 18.8 Å². The first kappa shape index (κ1) is 14.3. The molecule has 0 amide bonds. The summed E-state index contributed by atoms with van der Waals surface area (Å²) in [6.45, 7) is 8.33. The molecule has 1 aliphatic heterocycles. The molecule has 1 fully saturated rings. The molecule has 3 atom stereocenters. The fourth-order valence-electron chi connectivity index (χ4n) is 2.56. The minimum absolute atomic E-state index is 0.0373. The van der Waals surface area contributed by atoms with E-state index in [4.69, 9.17) is 4.74 Å². The zero-order chi connectivity index (χ0) is 14.0. The minimum atomic E-state index is -0.551. The fraction of sp³-hybridized carbons (Fsp3) is 0.600. The smallest absolute Gasteiger partial charge is 0.118 e. The summed E-state index contributed by atoms with van der Waals surface area (Å²) in [6, 6.07) is 5.31. The second kappa shape index (κ2) is 5.90. The molecule has 0 aliphatic carbocycles. The second-order valence-electron chi connectivity index (χ2n) is 5.41. The van der Waals surface area contributed by atoms with Crippen LogP contribution in [0.2, 0.25) is 0 Å². The number of nitrogens with zero attached hydrogens (tertiary/aromatic N) is 1. The van der Waals surface area contributed by atoms with E-state index in [-0.39, 0.29) is 17.9 Å². The van der Waals surface area contributed by atoms with Crippen LogP contribution in [0, 0.1) is 6.92 Å². The summed E-state index contributed by atoms with van der Waals surface area (Å²) >= 11 is 0. The second-order valence-corrected chi connectivity index (χ2v) is 5.41. The highest BCUT2D eigenvalue weighted by Crippen LogP contribution is 2.26. The quantitative estimate of drug-likeness (QED) is 0.875. The molecule has 1 aromatic rings. The Bertz CT molecular complexity index is 435. The lowest BCUT2D eigenvalue weighted by Crippen LogP contribution is -2.47. The number of ether oxygens (including phenoxy) is 1. The Morgan fingerprint density at radius 3 is 2.79 bits per heavy atom. The first-order valence-corrected chi connectivity index (χ1v) is 6.82. The Morgan fingerprint density at radius 1 is 1.42 bits per heavy atom. The zero-order valence-electron chi connectivity index (χ0n) is 11.8. The molecule has 4 nitrogen and oxygen atoms in total. The van der Waals surface area contributed by atoms with Crippen LogP contribution in [0.15, 0.2) is 18.2 Å². The Hall–Kier alpha value is -1.10. The molecular weight excluding hydrogens is 242 g/mol. The van der Waals surface area contributed by atoms with Crippen LogP contribution in [0.5, 0.6) is 5.75 Å². The van der Waals surface area contributed by atoms with Crippen molar-refractivity contribution in [2.24, 2.45) is 0 Å². The Morgan fingerprint density at radius 2 is 2.16 bits per heavy atom. The molecular formula is C15H23NO3. The third-order valence-electron chi connectivity index (χ3n) is 3.87. The molecule has 0 radical (unpaired) electrons. The minimum Gasteiger partial charge on any atom is -0.508 e. The lowest BCUT2D eigenvalue weighted by atomic mass is 9.99. The number of hydrogen-bond donors (Lipinski definition) is 2. The number of benzene rings is 1. The van der Waals surface area contributed by atoms with Gasteiger partial charge >= 0.3 is 0 Å². The number of morpholine rings is 1. The van der Waals surface area contributed by atoms with Gasteiger partial charge < -0.3 is 14.9 Å². The number of aliphatic hydroxyl groups is 1. The molecule has 19 heavy (non-hydrogen) atoms. The van der Waals surface area contributed by atoms with Crippen LogP contribution in [0.25, 0.3) is 0 Å². The van der Waals surface area contributed by atoms with Crippen molar-refractivity contribution < 1.29 is 14.9 Å². The van der Waals surface area contributed by atoms with Crippen molar-refractivity contribution >= 4 is 0 Å². The van der Waals surface area contributed by atoms with Crippen LogP contribution in [0.3, 0.4) is 0 Å². The largest absolute Gasteiger partial charge is 0.508 e. The molecule has 2 N–H and O–H groups in total. The van der Waals surface area contributed by atoms with E-state index in [9.17, 15) is 10.2 Å². The monoisotopic (exact) mass is 265 g/mol. The van der Waals surface area contributed by atoms with Crippen molar-refractivity contribution in [2.45, 2.75) is 39.0 Å². The first-order chi connectivity index (χ1) is 8.99. The van der Waals surface area contributed by atoms with Gasteiger partial charge in [-0.25, -0.2) is 0 Å². The standard InChI is InChI=1S/C15H23NO3/c1-10-8-13(4-5-14(10)17)15(18)12(3)16-6-7-19-11(2)9-16/h4-5,8,11-12,15,17-18H,6-7,9H2,1-3H3. The summed E-state index contributed by atoms with van der Waals surface area (Å²) in [6.07, 6.45) is -0.338. The summed E-state index contributed by atoms with van der Waals surface area (Å²) in [5.74, 6) is 0.267. The average Bonchev–Trinajstić information content (AvgIpc) is 2.40. The van der Waals surface area contributed by atoms with Crippen molar-refractivity contribution in [2.75, 3.05) is 19.7 Å². The van der Waals surface area contributed by atoms with E-state index in [1.54, 1.807) is 12.1 Å². The molecule has 2 rings (SSSR count). The van der Waals surface area contributed by atoms with Gasteiger partial charge in [-0.2, -0.15) is 0 Å². The third kappa shape index (κ3) is 3.26. The van der Waals surface area contributed by atoms with Crippen LogP contribution >= 0.6 is 0 Å². The van der Waals surface area contributed by atoms with Gasteiger partial charge in [0.15, 0.2) is 0 Å². The number of aromatic hydroxyl groups is 1. The van der Waals surface area contributed by atoms with E-state index >= 15 is 0 Å². The summed E-state index contributed by atoms with van der Waals surface area (Å²) in [7, 11) is 0. The number of aliphatic hydroxyl groups excluding tert-OH is 1. The predicted octanol–water partition coefficient (Wildman–Crippen LogP) is 1.84. The van der Waals surface area contributed by atoms with Gasteiger partial charge in [-0.05, 0) is 44.0 Å². The molecule has 4 heteroatoms. The summed E-state index contributed by atoms with van der Waals surface area (Å²) in [5, 5.41) is 20.0. The lowest BCUT2D eigenvalue weighted by Gasteiger charge is -2.37. The number of phenolic OH excluding ortho intramolecular Hbond substituents is 1. The number of aryl methyl sites for hydroxylation is 1. The molecule has 0 bridgehead atoms. The van der Waals surface area contributed by atoms with E-state index in [0.29, 0.717) is 6.61 Å². The fourth-order valence-corrected chi connectivity index (χ4v) is 2.56. The maximum absolute atomic E-state index is 10.5. The van der Waals surface area contributed by atoms with Gasteiger partial charge in [0, 0.05) is 19.1 Å². The van der Waals surface area contributed by atoms with Gasteiger partial charge in [-0.15, -0.1) is 0 Å². The van der Waals surface area contributed by atoms with E-state index in [0.717, 1.165) is 24.2 Å². The zero-order valence-corrected chi connectivity index (χ0v) is 11.8. The van der Waals surface area contributed by atoms with Gasteiger partial charge in [0.1, 0.15) is 5.75 Å².